The lowest BCUT2D eigenvalue weighted by Gasteiger charge is -2.00. The van der Waals surface area contributed by atoms with Crippen LogP contribution in [0.3, 0.4) is 0 Å². The molecular formula is C12H8N2S. The first kappa shape index (κ1) is 8.56. The first-order chi connectivity index (χ1) is 7.45. The van der Waals surface area contributed by atoms with E-state index in [-0.39, 0.29) is 0 Å². The van der Waals surface area contributed by atoms with Gasteiger partial charge in [0.2, 0.25) is 0 Å². The number of benzene rings is 1. The molecule has 0 spiro atoms. The normalized spacial score (nSPS) is 10.7. The largest absolute Gasteiger partial charge is 0.157 e. The van der Waals surface area contributed by atoms with Gasteiger partial charge in [0, 0.05) is 10.9 Å². The summed E-state index contributed by atoms with van der Waals surface area (Å²) in [6, 6.07) is 12.2. The Bertz CT molecular complexity index is 587. The SMILES string of the molecule is c1ccc(-c2nncc3sccc23)cc1. The topological polar surface area (TPSA) is 25.8 Å². The molecule has 72 valence electrons. The lowest BCUT2D eigenvalue weighted by molar-refractivity contribution is 1.06. The van der Waals surface area contributed by atoms with Gasteiger partial charge in [-0.05, 0) is 11.4 Å². The second kappa shape index (κ2) is 3.44. The fourth-order valence-electron chi connectivity index (χ4n) is 1.62. The summed E-state index contributed by atoms with van der Waals surface area (Å²) >= 11 is 1.69. The van der Waals surface area contributed by atoms with Crippen LogP contribution >= 0.6 is 11.3 Å². The van der Waals surface area contributed by atoms with Gasteiger partial charge in [-0.25, -0.2) is 0 Å². The van der Waals surface area contributed by atoms with Crippen LogP contribution in [0.5, 0.6) is 0 Å². The summed E-state index contributed by atoms with van der Waals surface area (Å²) in [5.74, 6) is 0. The van der Waals surface area contributed by atoms with E-state index < -0.39 is 0 Å². The first-order valence-electron chi connectivity index (χ1n) is 4.69. The summed E-state index contributed by atoms with van der Waals surface area (Å²) in [7, 11) is 0. The number of fused-ring (bicyclic) bond motifs is 1. The van der Waals surface area contributed by atoms with E-state index in [0.717, 1.165) is 11.3 Å². The summed E-state index contributed by atoms with van der Waals surface area (Å²) in [5, 5.41) is 11.5. The monoisotopic (exact) mass is 212 g/mol. The van der Waals surface area contributed by atoms with E-state index in [0.29, 0.717) is 0 Å². The molecule has 0 amide bonds. The van der Waals surface area contributed by atoms with Crippen LogP contribution in [0.15, 0.2) is 48.0 Å². The molecule has 1 aromatic carbocycles. The molecule has 3 aromatic rings. The molecule has 2 nitrogen and oxygen atoms in total. The van der Waals surface area contributed by atoms with Gasteiger partial charge in [0.15, 0.2) is 0 Å². The maximum absolute atomic E-state index is 4.21. The minimum absolute atomic E-state index is 0.967. The van der Waals surface area contributed by atoms with E-state index >= 15 is 0 Å². The number of aromatic nitrogens is 2. The van der Waals surface area contributed by atoms with Crippen molar-refractivity contribution in [2.24, 2.45) is 0 Å². The van der Waals surface area contributed by atoms with Crippen molar-refractivity contribution < 1.29 is 0 Å². The Balaban J connectivity index is 2.31. The van der Waals surface area contributed by atoms with Crippen LogP contribution in [-0.2, 0) is 0 Å². The molecule has 2 heterocycles. The van der Waals surface area contributed by atoms with Gasteiger partial charge < -0.3 is 0 Å². The average Bonchev–Trinajstić information content (AvgIpc) is 2.78. The Morgan fingerprint density at radius 1 is 1.00 bits per heavy atom. The Morgan fingerprint density at radius 3 is 2.73 bits per heavy atom. The molecule has 3 heteroatoms. The zero-order chi connectivity index (χ0) is 10.1. The summed E-state index contributed by atoms with van der Waals surface area (Å²) in [5.41, 5.74) is 2.09. The van der Waals surface area contributed by atoms with E-state index in [1.807, 2.05) is 24.4 Å². The molecule has 0 aliphatic heterocycles. The Kier molecular flexibility index (Phi) is 1.96. The van der Waals surface area contributed by atoms with E-state index in [1.165, 1.54) is 10.1 Å². The van der Waals surface area contributed by atoms with Crippen molar-refractivity contribution in [3.05, 3.63) is 48.0 Å². The number of thiophene rings is 1. The van der Waals surface area contributed by atoms with Crippen molar-refractivity contribution in [1.29, 1.82) is 0 Å². The summed E-state index contributed by atoms with van der Waals surface area (Å²) < 4.78 is 1.18. The second-order valence-corrected chi connectivity index (χ2v) is 4.21. The van der Waals surface area contributed by atoms with Crippen LogP contribution in [0.25, 0.3) is 21.3 Å². The van der Waals surface area contributed by atoms with Crippen LogP contribution in [0.1, 0.15) is 0 Å². The molecule has 0 fully saturated rings. The highest BCUT2D eigenvalue weighted by Crippen LogP contribution is 2.28. The van der Waals surface area contributed by atoms with Gasteiger partial charge in [-0.2, -0.15) is 5.10 Å². The van der Waals surface area contributed by atoms with Crippen molar-refractivity contribution in [2.45, 2.75) is 0 Å². The van der Waals surface area contributed by atoms with Crippen LogP contribution in [0.4, 0.5) is 0 Å². The highest BCUT2D eigenvalue weighted by Gasteiger charge is 2.05. The first-order valence-corrected chi connectivity index (χ1v) is 5.57. The van der Waals surface area contributed by atoms with Crippen LogP contribution in [0, 0.1) is 0 Å². The summed E-state index contributed by atoms with van der Waals surface area (Å²) in [6.45, 7) is 0. The van der Waals surface area contributed by atoms with E-state index in [4.69, 9.17) is 0 Å². The van der Waals surface area contributed by atoms with Gasteiger partial charge in [-0.15, -0.1) is 16.4 Å². The molecule has 0 saturated heterocycles. The molecule has 0 aliphatic carbocycles. The van der Waals surface area contributed by atoms with Crippen LogP contribution < -0.4 is 0 Å². The Hall–Kier alpha value is -1.74. The number of rotatable bonds is 1. The van der Waals surface area contributed by atoms with Gasteiger partial charge in [-0.1, -0.05) is 30.3 Å². The van der Waals surface area contributed by atoms with Gasteiger partial charge in [-0.3, -0.25) is 0 Å². The summed E-state index contributed by atoms with van der Waals surface area (Å²) in [6.07, 6.45) is 1.81. The zero-order valence-electron chi connectivity index (χ0n) is 7.92. The fourth-order valence-corrected chi connectivity index (χ4v) is 2.37. The van der Waals surface area contributed by atoms with Gasteiger partial charge in [0.25, 0.3) is 0 Å². The van der Waals surface area contributed by atoms with Crippen molar-refractivity contribution in [2.75, 3.05) is 0 Å². The quantitative estimate of drug-likeness (QED) is 0.618. The maximum Gasteiger partial charge on any atom is 0.102 e. The van der Waals surface area contributed by atoms with Crippen LogP contribution in [-0.4, -0.2) is 10.2 Å². The molecule has 0 bridgehead atoms. The molecule has 0 aliphatic rings. The molecule has 0 saturated carbocycles. The number of hydrogen-bond acceptors (Lipinski definition) is 3. The molecule has 2 aromatic heterocycles. The van der Waals surface area contributed by atoms with Crippen molar-refractivity contribution in [3.8, 4) is 11.3 Å². The Morgan fingerprint density at radius 2 is 1.87 bits per heavy atom. The summed E-state index contributed by atoms with van der Waals surface area (Å²) in [4.78, 5) is 0. The van der Waals surface area contributed by atoms with Crippen molar-refractivity contribution >= 4 is 21.4 Å². The highest BCUT2D eigenvalue weighted by molar-refractivity contribution is 7.17. The minimum atomic E-state index is 0.967. The Labute approximate surface area is 91.2 Å². The smallest absolute Gasteiger partial charge is 0.102 e. The maximum atomic E-state index is 4.21. The lowest BCUT2D eigenvalue weighted by atomic mass is 10.1. The molecular weight excluding hydrogens is 204 g/mol. The molecule has 0 N–H and O–H groups in total. The van der Waals surface area contributed by atoms with Crippen LogP contribution in [0.2, 0.25) is 0 Å². The van der Waals surface area contributed by atoms with Gasteiger partial charge in [0.1, 0.15) is 5.69 Å². The molecule has 3 rings (SSSR count). The minimum Gasteiger partial charge on any atom is -0.157 e. The third kappa shape index (κ3) is 1.41. The van der Waals surface area contributed by atoms with Gasteiger partial charge >= 0.3 is 0 Å². The molecule has 0 atom stereocenters. The highest BCUT2D eigenvalue weighted by atomic mass is 32.1. The second-order valence-electron chi connectivity index (χ2n) is 3.26. The number of hydrogen-bond donors (Lipinski definition) is 0. The van der Waals surface area contributed by atoms with Crippen molar-refractivity contribution in [3.63, 3.8) is 0 Å². The van der Waals surface area contributed by atoms with Crippen molar-refractivity contribution in [1.82, 2.24) is 10.2 Å². The fraction of sp³-hybridized carbons (Fsp3) is 0. The van der Waals surface area contributed by atoms with E-state index in [2.05, 4.69) is 33.8 Å². The van der Waals surface area contributed by atoms with E-state index in [1.54, 1.807) is 11.3 Å². The lowest BCUT2D eigenvalue weighted by Crippen LogP contribution is -1.86. The number of nitrogens with zero attached hydrogens (tertiary/aromatic N) is 2. The third-order valence-electron chi connectivity index (χ3n) is 2.33. The molecule has 0 unspecified atom stereocenters. The molecule has 0 radical (unpaired) electrons. The standard InChI is InChI=1S/C12H8N2S/c1-2-4-9(5-3-1)12-10-6-7-15-11(10)8-13-14-12/h1-8H. The predicted octanol–water partition coefficient (Wildman–Crippen LogP) is 3.36. The van der Waals surface area contributed by atoms with Gasteiger partial charge in [0.05, 0.1) is 10.9 Å². The predicted molar refractivity (Wildman–Crippen MR) is 62.9 cm³/mol. The van der Waals surface area contributed by atoms with E-state index in [9.17, 15) is 0 Å². The third-order valence-corrected chi connectivity index (χ3v) is 3.18. The average molecular weight is 212 g/mol. The molecule has 15 heavy (non-hydrogen) atoms. The zero-order valence-corrected chi connectivity index (χ0v) is 8.74.